The van der Waals surface area contributed by atoms with Gasteiger partial charge in [-0.15, -0.1) is 24.0 Å². The Morgan fingerprint density at radius 3 is 2.23 bits per heavy atom. The zero-order valence-corrected chi connectivity index (χ0v) is 21.9. The third-order valence-corrected chi connectivity index (χ3v) is 5.22. The number of likely N-dealkylation sites (N-methyl/N-ethyl adjacent to an activating group) is 1. The van der Waals surface area contributed by atoms with Gasteiger partial charge in [-0.05, 0) is 42.9 Å². The second kappa shape index (κ2) is 12.5. The van der Waals surface area contributed by atoms with Crippen LogP contribution in [0.5, 0.6) is 0 Å². The van der Waals surface area contributed by atoms with Gasteiger partial charge in [-0.2, -0.15) is 0 Å². The molecule has 0 spiro atoms. The molecule has 0 bridgehead atoms. The molecule has 0 aromatic heterocycles. The molecule has 1 atom stereocenters. The van der Waals surface area contributed by atoms with E-state index in [9.17, 15) is 13.2 Å². The molecule has 0 saturated carbocycles. The molecular formula is C20H36IN5O3S. The molecule has 1 aromatic rings. The first-order valence-electron chi connectivity index (χ1n) is 9.65. The number of hydrogen-bond acceptors (Lipinski definition) is 4. The Kier molecular flexibility index (Phi) is 11.9. The molecule has 1 unspecified atom stereocenters. The minimum Gasteiger partial charge on any atom is -0.354 e. The molecule has 30 heavy (non-hydrogen) atoms. The highest BCUT2D eigenvalue weighted by atomic mass is 127. The van der Waals surface area contributed by atoms with Crippen molar-refractivity contribution in [3.05, 3.63) is 29.8 Å². The fraction of sp³-hybridized carbons (Fsp3) is 0.600. The Balaban J connectivity index is 0.00000841. The molecule has 8 nitrogen and oxygen atoms in total. The van der Waals surface area contributed by atoms with Crippen molar-refractivity contribution in [2.45, 2.75) is 58.0 Å². The van der Waals surface area contributed by atoms with Crippen LogP contribution in [-0.4, -0.2) is 51.9 Å². The summed E-state index contributed by atoms with van der Waals surface area (Å²) in [4.78, 5) is 18.0. The molecular weight excluding hydrogens is 517 g/mol. The molecule has 1 amide bonds. The lowest BCUT2D eigenvalue weighted by atomic mass is 9.89. The Morgan fingerprint density at radius 2 is 1.77 bits per heavy atom. The van der Waals surface area contributed by atoms with Crippen LogP contribution in [0.3, 0.4) is 0 Å². The van der Waals surface area contributed by atoms with Gasteiger partial charge < -0.3 is 15.5 Å². The minimum absolute atomic E-state index is 0. The predicted molar refractivity (Wildman–Crippen MR) is 132 cm³/mol. The number of nitrogens with zero attached hydrogens (tertiary/aromatic N) is 2. The maximum Gasteiger partial charge on any atom is 0.241 e. The van der Waals surface area contributed by atoms with Crippen molar-refractivity contribution in [2.24, 2.45) is 15.5 Å². The molecule has 0 aliphatic carbocycles. The standard InChI is InChI=1S/C20H35N5O3S.HI/c1-15(11-12-20(2,3)4)24-19(23-14-18(26)25(5)6)22-13-16-7-9-17(10-8-16)29(21,27)28;/h7-10,15H,11-14H2,1-6H3,(H2,21,27,28)(H2,22,23,24);1H. The maximum atomic E-state index is 11.9. The number of hydrogen-bond donors (Lipinski definition) is 3. The van der Waals surface area contributed by atoms with Gasteiger partial charge in [-0.1, -0.05) is 32.9 Å². The fourth-order valence-corrected chi connectivity index (χ4v) is 2.90. The normalized spacial score (nSPS) is 13.2. The summed E-state index contributed by atoms with van der Waals surface area (Å²) in [5, 5.41) is 11.5. The third-order valence-electron chi connectivity index (χ3n) is 4.29. The molecule has 172 valence electrons. The van der Waals surface area contributed by atoms with Crippen LogP contribution < -0.4 is 15.8 Å². The summed E-state index contributed by atoms with van der Waals surface area (Å²) in [6, 6.07) is 6.45. The summed E-state index contributed by atoms with van der Waals surface area (Å²) >= 11 is 0. The first-order chi connectivity index (χ1) is 13.3. The molecule has 0 aliphatic heterocycles. The molecule has 0 radical (unpaired) electrons. The van der Waals surface area contributed by atoms with Crippen LogP contribution in [0.2, 0.25) is 0 Å². The van der Waals surface area contributed by atoms with Gasteiger partial charge in [0, 0.05) is 20.1 Å². The maximum absolute atomic E-state index is 11.9. The van der Waals surface area contributed by atoms with Crippen molar-refractivity contribution in [1.82, 2.24) is 15.5 Å². The van der Waals surface area contributed by atoms with Crippen molar-refractivity contribution in [3.63, 3.8) is 0 Å². The molecule has 10 heteroatoms. The van der Waals surface area contributed by atoms with Crippen molar-refractivity contribution < 1.29 is 13.2 Å². The molecule has 0 fully saturated rings. The third kappa shape index (κ3) is 11.7. The van der Waals surface area contributed by atoms with E-state index >= 15 is 0 Å². The highest BCUT2D eigenvalue weighted by Crippen LogP contribution is 2.21. The Hall–Kier alpha value is -1.40. The van der Waals surface area contributed by atoms with Crippen molar-refractivity contribution in [3.8, 4) is 0 Å². The van der Waals surface area contributed by atoms with Gasteiger partial charge in [0.15, 0.2) is 5.96 Å². The number of rotatable bonds is 8. The predicted octanol–water partition coefficient (Wildman–Crippen LogP) is 2.29. The Labute approximate surface area is 198 Å². The zero-order valence-electron chi connectivity index (χ0n) is 18.7. The first-order valence-corrected chi connectivity index (χ1v) is 11.2. The van der Waals surface area contributed by atoms with Gasteiger partial charge in [0.2, 0.25) is 15.9 Å². The van der Waals surface area contributed by atoms with E-state index in [1.54, 1.807) is 26.2 Å². The fourth-order valence-electron chi connectivity index (χ4n) is 2.38. The number of carbonyl (C=O) groups is 1. The van der Waals surface area contributed by atoms with Crippen LogP contribution >= 0.6 is 24.0 Å². The van der Waals surface area contributed by atoms with Crippen LogP contribution in [0.4, 0.5) is 0 Å². The largest absolute Gasteiger partial charge is 0.354 e. The van der Waals surface area contributed by atoms with E-state index in [1.807, 2.05) is 0 Å². The monoisotopic (exact) mass is 553 g/mol. The van der Waals surface area contributed by atoms with Gasteiger partial charge in [0.25, 0.3) is 0 Å². The van der Waals surface area contributed by atoms with Crippen LogP contribution in [0.25, 0.3) is 0 Å². The summed E-state index contributed by atoms with van der Waals surface area (Å²) in [7, 11) is -0.311. The highest BCUT2D eigenvalue weighted by molar-refractivity contribution is 14.0. The van der Waals surface area contributed by atoms with Crippen molar-refractivity contribution in [2.75, 3.05) is 20.6 Å². The lowest BCUT2D eigenvalue weighted by Gasteiger charge is -2.23. The van der Waals surface area contributed by atoms with E-state index in [-0.39, 0.29) is 52.8 Å². The molecule has 0 aliphatic rings. The Morgan fingerprint density at radius 1 is 1.20 bits per heavy atom. The molecule has 0 saturated heterocycles. The number of benzene rings is 1. The number of aliphatic imine (C=N–C) groups is 1. The molecule has 0 heterocycles. The first kappa shape index (κ1) is 28.6. The Bertz CT molecular complexity index is 803. The number of halogens is 1. The second-order valence-corrected chi connectivity index (χ2v) is 10.2. The molecule has 1 rings (SSSR count). The van der Waals surface area contributed by atoms with E-state index in [4.69, 9.17) is 5.14 Å². The van der Waals surface area contributed by atoms with Gasteiger partial charge in [-0.3, -0.25) is 4.79 Å². The van der Waals surface area contributed by atoms with Gasteiger partial charge in [0.05, 0.1) is 18.0 Å². The van der Waals surface area contributed by atoms with Gasteiger partial charge >= 0.3 is 0 Å². The van der Waals surface area contributed by atoms with Gasteiger partial charge in [0.1, 0.15) is 0 Å². The lowest BCUT2D eigenvalue weighted by molar-refractivity contribution is -0.127. The van der Waals surface area contributed by atoms with Gasteiger partial charge in [-0.25, -0.2) is 18.5 Å². The zero-order chi connectivity index (χ0) is 22.2. The number of amides is 1. The van der Waals surface area contributed by atoms with Crippen LogP contribution in [0.1, 0.15) is 46.1 Å². The number of nitrogens with two attached hydrogens (primary N) is 1. The number of carbonyl (C=O) groups excluding carboxylic acids is 1. The van der Waals surface area contributed by atoms with Crippen LogP contribution in [0.15, 0.2) is 34.2 Å². The van der Waals surface area contributed by atoms with Crippen LogP contribution in [0, 0.1) is 5.41 Å². The summed E-state index contributed by atoms with van der Waals surface area (Å²) in [6.07, 6.45) is 2.02. The lowest BCUT2D eigenvalue weighted by Crippen LogP contribution is -2.46. The minimum atomic E-state index is -3.71. The van der Waals surface area contributed by atoms with E-state index in [1.165, 1.54) is 17.0 Å². The summed E-state index contributed by atoms with van der Waals surface area (Å²) in [6.45, 7) is 9.16. The van der Waals surface area contributed by atoms with E-state index in [0.29, 0.717) is 12.5 Å². The number of primary sulfonamides is 1. The van der Waals surface area contributed by atoms with E-state index in [2.05, 4.69) is 43.3 Å². The number of sulfonamides is 1. The highest BCUT2D eigenvalue weighted by Gasteiger charge is 2.14. The van der Waals surface area contributed by atoms with Crippen molar-refractivity contribution >= 4 is 45.9 Å². The number of nitrogens with one attached hydrogen (secondary N) is 2. The summed E-state index contributed by atoms with van der Waals surface area (Å²) in [5.74, 6) is 0.483. The van der Waals surface area contributed by atoms with Crippen LogP contribution in [-0.2, 0) is 21.4 Å². The van der Waals surface area contributed by atoms with E-state index < -0.39 is 10.0 Å². The van der Waals surface area contributed by atoms with E-state index in [0.717, 1.165) is 18.4 Å². The summed E-state index contributed by atoms with van der Waals surface area (Å²) < 4.78 is 22.7. The molecule has 1 aromatic carbocycles. The summed E-state index contributed by atoms with van der Waals surface area (Å²) in [5.41, 5.74) is 1.08. The average molecular weight is 554 g/mol. The number of guanidine groups is 1. The average Bonchev–Trinajstić information content (AvgIpc) is 2.60. The SMILES string of the molecule is CC(CCC(C)(C)C)NC(=NCc1ccc(S(N)(=O)=O)cc1)NCC(=O)N(C)C.I. The van der Waals surface area contributed by atoms with Crippen molar-refractivity contribution in [1.29, 1.82) is 0 Å². The smallest absolute Gasteiger partial charge is 0.241 e. The topological polar surface area (TPSA) is 117 Å². The quantitative estimate of drug-likeness (QED) is 0.260. The second-order valence-electron chi connectivity index (χ2n) is 8.64. The molecule has 4 N–H and O–H groups in total.